The highest BCUT2D eigenvalue weighted by Gasteiger charge is 2.24. The summed E-state index contributed by atoms with van der Waals surface area (Å²) >= 11 is 3.36. The Labute approximate surface area is 161 Å². The van der Waals surface area contributed by atoms with Crippen LogP contribution in [0.1, 0.15) is 29.8 Å². The van der Waals surface area contributed by atoms with Crippen LogP contribution in [0.2, 0.25) is 0 Å². The van der Waals surface area contributed by atoms with E-state index >= 15 is 0 Å². The number of esters is 1. The van der Waals surface area contributed by atoms with Gasteiger partial charge in [0.2, 0.25) is 0 Å². The Balaban J connectivity index is 2.23. The summed E-state index contributed by atoms with van der Waals surface area (Å²) in [6.45, 7) is 4.27. The number of carbonyl (C=O) groups is 2. The minimum Gasteiger partial charge on any atom is -0.493 e. The molecule has 0 heterocycles. The van der Waals surface area contributed by atoms with Crippen LogP contribution in [-0.2, 0) is 16.0 Å². The van der Waals surface area contributed by atoms with Gasteiger partial charge in [0, 0.05) is 10.9 Å². The van der Waals surface area contributed by atoms with Crippen LogP contribution in [0.25, 0.3) is 0 Å². The van der Waals surface area contributed by atoms with Crippen molar-refractivity contribution >= 4 is 27.8 Å². The summed E-state index contributed by atoms with van der Waals surface area (Å²) in [5.41, 5.74) is 1.30. The van der Waals surface area contributed by atoms with Gasteiger partial charge < -0.3 is 14.8 Å². The number of hydrogen-bond acceptors (Lipinski definition) is 4. The average Bonchev–Trinajstić information content (AvgIpc) is 2.63. The predicted octanol–water partition coefficient (Wildman–Crippen LogP) is 3.75. The van der Waals surface area contributed by atoms with Gasteiger partial charge in [-0.2, -0.15) is 0 Å². The van der Waals surface area contributed by atoms with Crippen molar-refractivity contribution < 1.29 is 19.1 Å². The first kappa shape index (κ1) is 20.0. The quantitative estimate of drug-likeness (QED) is 0.661. The van der Waals surface area contributed by atoms with Crippen LogP contribution in [0.15, 0.2) is 53.0 Å². The first-order chi connectivity index (χ1) is 12.5. The molecule has 26 heavy (non-hydrogen) atoms. The van der Waals surface area contributed by atoms with Gasteiger partial charge in [-0.15, -0.1) is 0 Å². The largest absolute Gasteiger partial charge is 0.493 e. The molecule has 0 radical (unpaired) electrons. The third-order valence-corrected chi connectivity index (χ3v) is 4.14. The Hall–Kier alpha value is -2.34. The Morgan fingerprint density at radius 2 is 1.81 bits per heavy atom. The summed E-state index contributed by atoms with van der Waals surface area (Å²) in [6.07, 6.45) is 0.351. The van der Waals surface area contributed by atoms with E-state index in [1.54, 1.807) is 25.1 Å². The summed E-state index contributed by atoms with van der Waals surface area (Å²) < 4.78 is 11.4. The summed E-state index contributed by atoms with van der Waals surface area (Å²) in [6, 6.07) is 13.9. The molecule has 138 valence electrons. The summed E-state index contributed by atoms with van der Waals surface area (Å²) in [5, 5.41) is 2.78. The Morgan fingerprint density at radius 3 is 2.46 bits per heavy atom. The van der Waals surface area contributed by atoms with Crippen molar-refractivity contribution in [1.82, 2.24) is 5.32 Å². The number of benzene rings is 2. The first-order valence-electron chi connectivity index (χ1n) is 8.48. The van der Waals surface area contributed by atoms with Crippen LogP contribution in [0.5, 0.6) is 5.75 Å². The highest BCUT2D eigenvalue weighted by Crippen LogP contribution is 2.23. The van der Waals surface area contributed by atoms with E-state index in [-0.39, 0.29) is 12.5 Å². The lowest BCUT2D eigenvalue weighted by atomic mass is 10.1. The number of halogens is 1. The van der Waals surface area contributed by atoms with Crippen LogP contribution >= 0.6 is 15.9 Å². The number of nitrogens with one attached hydrogen (secondary N) is 1. The zero-order valence-electron chi connectivity index (χ0n) is 14.8. The molecule has 0 saturated carbocycles. The molecule has 6 heteroatoms. The number of carbonyl (C=O) groups excluding carboxylic acids is 2. The molecule has 0 aliphatic heterocycles. The summed E-state index contributed by atoms with van der Waals surface area (Å²) in [4.78, 5) is 25.1. The number of ether oxygens (including phenoxy) is 2. The minimum absolute atomic E-state index is 0.251. The molecule has 1 unspecified atom stereocenters. The van der Waals surface area contributed by atoms with Crippen LogP contribution in [0.4, 0.5) is 0 Å². The summed E-state index contributed by atoms with van der Waals surface area (Å²) in [5.74, 6) is -0.378. The molecule has 2 rings (SSSR count). The molecule has 0 aliphatic carbocycles. The van der Waals surface area contributed by atoms with Crippen molar-refractivity contribution in [3.8, 4) is 5.75 Å². The van der Waals surface area contributed by atoms with Crippen molar-refractivity contribution in [2.75, 3.05) is 13.2 Å². The SMILES string of the molecule is CCOC(=O)C(Cc1ccccc1)NC(=O)c1cc(Br)ccc1OCC. The molecule has 0 fully saturated rings. The molecule has 0 aliphatic rings. The lowest BCUT2D eigenvalue weighted by molar-refractivity contribution is -0.145. The van der Waals surface area contributed by atoms with E-state index in [2.05, 4.69) is 21.2 Å². The third kappa shape index (κ3) is 5.59. The molecule has 2 aromatic rings. The fraction of sp³-hybridized carbons (Fsp3) is 0.300. The lowest BCUT2D eigenvalue weighted by Crippen LogP contribution is -2.43. The molecular weight excluding hydrogens is 398 g/mol. The summed E-state index contributed by atoms with van der Waals surface area (Å²) in [7, 11) is 0. The maximum Gasteiger partial charge on any atom is 0.328 e. The molecule has 2 aromatic carbocycles. The van der Waals surface area contributed by atoms with Crippen LogP contribution in [-0.4, -0.2) is 31.1 Å². The van der Waals surface area contributed by atoms with E-state index in [9.17, 15) is 9.59 Å². The van der Waals surface area contributed by atoms with E-state index in [0.717, 1.165) is 10.0 Å². The Kier molecular flexibility index (Phi) is 7.66. The minimum atomic E-state index is -0.779. The molecule has 1 N–H and O–H groups in total. The van der Waals surface area contributed by atoms with Crippen molar-refractivity contribution in [1.29, 1.82) is 0 Å². The van der Waals surface area contributed by atoms with Gasteiger partial charge in [0.1, 0.15) is 11.8 Å². The molecular formula is C20H22BrNO4. The van der Waals surface area contributed by atoms with E-state index in [1.165, 1.54) is 0 Å². The van der Waals surface area contributed by atoms with E-state index in [4.69, 9.17) is 9.47 Å². The second kappa shape index (κ2) is 9.97. The van der Waals surface area contributed by atoms with Crippen molar-refractivity contribution in [3.05, 3.63) is 64.1 Å². The highest BCUT2D eigenvalue weighted by atomic mass is 79.9. The van der Waals surface area contributed by atoms with Gasteiger partial charge in [0.15, 0.2) is 0 Å². The van der Waals surface area contributed by atoms with Crippen molar-refractivity contribution in [2.45, 2.75) is 26.3 Å². The Bertz CT molecular complexity index is 749. The van der Waals surface area contributed by atoms with Gasteiger partial charge in [-0.3, -0.25) is 4.79 Å². The standard InChI is InChI=1S/C20H22BrNO4/c1-3-25-18-11-10-15(21)13-16(18)19(23)22-17(20(24)26-4-2)12-14-8-6-5-7-9-14/h5-11,13,17H,3-4,12H2,1-2H3,(H,22,23). The molecule has 0 bridgehead atoms. The fourth-order valence-electron chi connectivity index (χ4n) is 2.48. The number of amides is 1. The van der Waals surface area contributed by atoms with Gasteiger partial charge >= 0.3 is 5.97 Å². The second-order valence-electron chi connectivity index (χ2n) is 5.54. The van der Waals surface area contributed by atoms with Crippen molar-refractivity contribution in [3.63, 3.8) is 0 Å². The monoisotopic (exact) mass is 419 g/mol. The zero-order valence-corrected chi connectivity index (χ0v) is 16.4. The molecule has 1 atom stereocenters. The second-order valence-corrected chi connectivity index (χ2v) is 6.46. The van der Waals surface area contributed by atoms with Gasteiger partial charge in [-0.05, 0) is 37.6 Å². The van der Waals surface area contributed by atoms with E-state index < -0.39 is 12.0 Å². The Morgan fingerprint density at radius 1 is 1.08 bits per heavy atom. The number of rotatable bonds is 8. The fourth-order valence-corrected chi connectivity index (χ4v) is 2.84. The van der Waals surface area contributed by atoms with Crippen LogP contribution in [0.3, 0.4) is 0 Å². The van der Waals surface area contributed by atoms with E-state index in [1.807, 2.05) is 37.3 Å². The molecule has 5 nitrogen and oxygen atoms in total. The van der Waals surface area contributed by atoms with Gasteiger partial charge in [-0.25, -0.2) is 4.79 Å². The van der Waals surface area contributed by atoms with Gasteiger partial charge in [-0.1, -0.05) is 46.3 Å². The normalized spacial score (nSPS) is 11.5. The van der Waals surface area contributed by atoms with Gasteiger partial charge in [0.05, 0.1) is 18.8 Å². The average molecular weight is 420 g/mol. The van der Waals surface area contributed by atoms with Gasteiger partial charge in [0.25, 0.3) is 5.91 Å². The molecule has 1 amide bonds. The zero-order chi connectivity index (χ0) is 18.9. The lowest BCUT2D eigenvalue weighted by Gasteiger charge is -2.18. The molecule has 0 saturated heterocycles. The van der Waals surface area contributed by atoms with E-state index in [0.29, 0.717) is 24.3 Å². The third-order valence-electron chi connectivity index (χ3n) is 3.65. The van der Waals surface area contributed by atoms with Crippen LogP contribution < -0.4 is 10.1 Å². The molecule has 0 aromatic heterocycles. The maximum atomic E-state index is 12.8. The molecule has 0 spiro atoms. The topological polar surface area (TPSA) is 64.6 Å². The predicted molar refractivity (Wildman–Crippen MR) is 103 cm³/mol. The maximum absolute atomic E-state index is 12.8. The highest BCUT2D eigenvalue weighted by molar-refractivity contribution is 9.10. The van der Waals surface area contributed by atoms with Crippen molar-refractivity contribution in [2.24, 2.45) is 0 Å². The number of hydrogen-bond donors (Lipinski definition) is 1. The first-order valence-corrected chi connectivity index (χ1v) is 9.28. The smallest absolute Gasteiger partial charge is 0.328 e. The van der Waals surface area contributed by atoms with Crippen LogP contribution in [0, 0.1) is 0 Å².